The summed E-state index contributed by atoms with van der Waals surface area (Å²) >= 11 is 3.00. The van der Waals surface area contributed by atoms with Crippen molar-refractivity contribution in [3.63, 3.8) is 0 Å². The summed E-state index contributed by atoms with van der Waals surface area (Å²) < 4.78 is 66.1. The number of halogens is 3. The molecule has 1 fully saturated rings. The number of benzene rings is 2. The van der Waals surface area contributed by atoms with Crippen molar-refractivity contribution in [2.24, 2.45) is 5.92 Å². The number of carbonyl (C=O) groups is 1. The Bertz CT molecular complexity index is 1110. The third kappa shape index (κ3) is 3.14. The zero-order chi connectivity index (χ0) is 20.2. The van der Waals surface area contributed by atoms with Gasteiger partial charge < -0.3 is 9.47 Å². The lowest BCUT2D eigenvalue weighted by Gasteiger charge is -2.22. The molecule has 6 nitrogen and oxygen atoms in total. The van der Waals surface area contributed by atoms with Gasteiger partial charge in [-0.1, -0.05) is 0 Å². The van der Waals surface area contributed by atoms with Crippen LogP contribution in [0.25, 0.3) is 0 Å². The van der Waals surface area contributed by atoms with Crippen LogP contribution in [0.1, 0.15) is 28.3 Å². The third-order valence-corrected chi connectivity index (χ3v) is 7.16. The van der Waals surface area contributed by atoms with Crippen molar-refractivity contribution < 1.29 is 31.5 Å². The number of esters is 1. The number of methoxy groups -OCH3 is 1. The van der Waals surface area contributed by atoms with Gasteiger partial charge in [0.2, 0.25) is 0 Å². The molecule has 2 unspecified atom stereocenters. The van der Waals surface area contributed by atoms with Gasteiger partial charge in [-0.25, -0.2) is 22.0 Å². The van der Waals surface area contributed by atoms with Gasteiger partial charge in [-0.3, -0.25) is 4.72 Å². The zero-order valence-corrected chi connectivity index (χ0v) is 16.9. The molecule has 2 atom stereocenters. The first kappa shape index (κ1) is 19.1. The molecule has 28 heavy (non-hydrogen) atoms. The molecule has 2 aromatic rings. The Morgan fingerprint density at radius 1 is 1.32 bits per heavy atom. The maximum atomic E-state index is 14.7. The Kier molecular flexibility index (Phi) is 4.58. The second-order valence-electron chi connectivity index (χ2n) is 6.61. The van der Waals surface area contributed by atoms with Crippen LogP contribution < -0.4 is 9.46 Å². The molecule has 1 N–H and O–H groups in total. The second-order valence-corrected chi connectivity index (χ2v) is 9.11. The molecule has 4 rings (SSSR count). The van der Waals surface area contributed by atoms with E-state index in [2.05, 4.69) is 20.7 Å². The first-order valence-electron chi connectivity index (χ1n) is 8.28. The Balaban J connectivity index is 1.83. The van der Waals surface area contributed by atoms with Gasteiger partial charge in [-0.05, 0) is 52.5 Å². The van der Waals surface area contributed by atoms with Crippen LogP contribution in [0.5, 0.6) is 5.75 Å². The number of carbonyl (C=O) groups excluding carboxylic acids is 1. The number of hydrogen-bond donors (Lipinski definition) is 1. The van der Waals surface area contributed by atoms with Crippen LogP contribution in [0.4, 0.5) is 14.5 Å². The van der Waals surface area contributed by atoms with Gasteiger partial charge in [-0.15, -0.1) is 0 Å². The summed E-state index contributed by atoms with van der Waals surface area (Å²) in [5.74, 6) is -2.00. The minimum absolute atomic E-state index is 0.00136. The van der Waals surface area contributed by atoms with Crippen molar-refractivity contribution in [3.05, 3.63) is 51.5 Å². The average molecular weight is 474 g/mol. The van der Waals surface area contributed by atoms with Crippen LogP contribution in [0.15, 0.2) is 33.6 Å². The number of ether oxygens (including phenoxy) is 2. The summed E-state index contributed by atoms with van der Waals surface area (Å²) in [5.41, 5.74) is -0.230. The lowest BCUT2D eigenvalue weighted by atomic mass is 9.99. The molecule has 148 valence electrons. The predicted octanol–water partition coefficient (Wildman–Crippen LogP) is 3.81. The average Bonchev–Trinajstić information content (AvgIpc) is 3.40. The van der Waals surface area contributed by atoms with Gasteiger partial charge >= 0.3 is 5.97 Å². The first-order chi connectivity index (χ1) is 13.2. The zero-order valence-electron chi connectivity index (χ0n) is 14.5. The minimum Gasteiger partial charge on any atom is -0.492 e. The van der Waals surface area contributed by atoms with Gasteiger partial charge in [-0.2, -0.15) is 0 Å². The molecule has 1 saturated carbocycles. The van der Waals surface area contributed by atoms with E-state index >= 15 is 0 Å². The van der Waals surface area contributed by atoms with Crippen molar-refractivity contribution in [2.45, 2.75) is 17.2 Å². The van der Waals surface area contributed by atoms with E-state index in [0.29, 0.717) is 6.61 Å². The van der Waals surface area contributed by atoms with Crippen LogP contribution >= 0.6 is 15.9 Å². The Labute approximate surface area is 168 Å². The molecule has 1 aliphatic carbocycles. The third-order valence-electron chi connectivity index (χ3n) is 4.82. The molecular formula is C18H14BrF2NO5S. The monoisotopic (exact) mass is 473 g/mol. The summed E-state index contributed by atoms with van der Waals surface area (Å²) in [5, 5.41) is 0. The fourth-order valence-corrected chi connectivity index (χ4v) is 5.50. The molecule has 0 saturated heterocycles. The van der Waals surface area contributed by atoms with E-state index < -0.39 is 27.6 Å². The smallest absolute Gasteiger partial charge is 0.343 e. The Hall–Kier alpha value is -2.20. The van der Waals surface area contributed by atoms with E-state index in [1.54, 1.807) is 0 Å². The molecule has 10 heteroatoms. The van der Waals surface area contributed by atoms with Gasteiger partial charge in [0, 0.05) is 16.0 Å². The molecule has 0 radical (unpaired) electrons. The summed E-state index contributed by atoms with van der Waals surface area (Å²) in [7, 11) is -3.13. The van der Waals surface area contributed by atoms with Crippen molar-refractivity contribution in [1.29, 1.82) is 0 Å². The fraction of sp³-hybridized carbons (Fsp3) is 0.278. The van der Waals surface area contributed by atoms with Gasteiger partial charge in [0.1, 0.15) is 27.8 Å². The van der Waals surface area contributed by atoms with E-state index in [1.165, 1.54) is 0 Å². The highest BCUT2D eigenvalue weighted by atomic mass is 79.9. The number of rotatable bonds is 4. The summed E-state index contributed by atoms with van der Waals surface area (Å²) in [4.78, 5) is 12.1. The highest BCUT2D eigenvalue weighted by molar-refractivity contribution is 9.10. The molecule has 0 bridgehead atoms. The van der Waals surface area contributed by atoms with E-state index in [4.69, 9.17) is 9.47 Å². The van der Waals surface area contributed by atoms with Crippen LogP contribution in [0.2, 0.25) is 0 Å². The standard InChI is InChI=1S/C18H14BrF2NO5S/c1-26-18(23)16-13(6-12(21)15-10-4-8(10)7-27-17(15)16)22-28(24,25)14-3-2-9(20)5-11(14)19/h2-3,5-6,8,10,22H,4,7H2,1H3. The Morgan fingerprint density at radius 3 is 2.75 bits per heavy atom. The molecule has 0 spiro atoms. The van der Waals surface area contributed by atoms with Crippen molar-refractivity contribution in [1.82, 2.24) is 0 Å². The number of hydrogen-bond acceptors (Lipinski definition) is 5. The SMILES string of the molecule is COC(=O)c1c(NS(=O)(=O)c2ccc(F)cc2Br)cc(F)c2c1OCC1CC21. The van der Waals surface area contributed by atoms with E-state index in [-0.39, 0.29) is 43.8 Å². The highest BCUT2D eigenvalue weighted by Crippen LogP contribution is 2.56. The van der Waals surface area contributed by atoms with Crippen LogP contribution in [0, 0.1) is 17.6 Å². The fourth-order valence-electron chi connectivity index (χ4n) is 3.39. The molecule has 1 heterocycles. The number of anilines is 1. The lowest BCUT2D eigenvalue weighted by Crippen LogP contribution is -2.20. The van der Waals surface area contributed by atoms with E-state index in [1.807, 2.05) is 0 Å². The molecule has 2 aliphatic rings. The van der Waals surface area contributed by atoms with E-state index in [9.17, 15) is 22.0 Å². The van der Waals surface area contributed by atoms with Crippen molar-refractivity contribution in [3.8, 4) is 5.75 Å². The van der Waals surface area contributed by atoms with Crippen molar-refractivity contribution >= 4 is 37.6 Å². The number of nitrogens with one attached hydrogen (secondary N) is 1. The molecule has 1 aliphatic heterocycles. The topological polar surface area (TPSA) is 81.7 Å². The number of fused-ring (bicyclic) bond motifs is 3. The largest absolute Gasteiger partial charge is 0.492 e. The summed E-state index contributed by atoms with van der Waals surface area (Å²) in [6.07, 6.45) is 0.748. The highest BCUT2D eigenvalue weighted by Gasteiger charge is 2.47. The maximum absolute atomic E-state index is 14.7. The quantitative estimate of drug-likeness (QED) is 0.682. The normalized spacial score (nSPS) is 19.9. The Morgan fingerprint density at radius 2 is 2.07 bits per heavy atom. The summed E-state index contributed by atoms with van der Waals surface area (Å²) in [6, 6.07) is 3.97. The van der Waals surface area contributed by atoms with Crippen LogP contribution in [-0.4, -0.2) is 28.1 Å². The molecule has 0 amide bonds. The molecule has 2 aromatic carbocycles. The summed E-state index contributed by atoms with van der Waals surface area (Å²) in [6.45, 7) is 0.320. The number of sulfonamides is 1. The van der Waals surface area contributed by atoms with Gasteiger partial charge in [0.25, 0.3) is 10.0 Å². The van der Waals surface area contributed by atoms with Gasteiger partial charge in [0.05, 0.1) is 19.4 Å². The molecular weight excluding hydrogens is 460 g/mol. The minimum atomic E-state index is -4.26. The van der Waals surface area contributed by atoms with Crippen LogP contribution in [-0.2, 0) is 14.8 Å². The van der Waals surface area contributed by atoms with Gasteiger partial charge in [0.15, 0.2) is 0 Å². The van der Waals surface area contributed by atoms with E-state index in [0.717, 1.165) is 37.8 Å². The van der Waals surface area contributed by atoms with Crippen molar-refractivity contribution in [2.75, 3.05) is 18.4 Å². The lowest BCUT2D eigenvalue weighted by molar-refractivity contribution is 0.0596. The van der Waals surface area contributed by atoms with Crippen LogP contribution in [0.3, 0.4) is 0 Å². The molecule has 0 aromatic heterocycles. The predicted molar refractivity (Wildman–Crippen MR) is 99.0 cm³/mol. The maximum Gasteiger partial charge on any atom is 0.343 e. The first-order valence-corrected chi connectivity index (χ1v) is 10.6. The second kappa shape index (κ2) is 6.70.